The molecule has 1 fully saturated rings. The van der Waals surface area contributed by atoms with Gasteiger partial charge >= 0.3 is 0 Å². The van der Waals surface area contributed by atoms with Crippen LogP contribution in [0.25, 0.3) is 0 Å². The second kappa shape index (κ2) is 5.50. The lowest BCUT2D eigenvalue weighted by atomic mass is 10.1. The predicted octanol–water partition coefficient (Wildman–Crippen LogP) is 4.23. The summed E-state index contributed by atoms with van der Waals surface area (Å²) < 4.78 is 2.07. The standard InChI is InChI=1S/C12H16Br2N2/c1-16(8-9-4-2-3-5-9)12-11(14)6-10(13)7-15-12/h6-7,9H,2-5,8H2,1H3. The average molecular weight is 348 g/mol. The van der Waals surface area contributed by atoms with E-state index in [9.17, 15) is 0 Å². The lowest BCUT2D eigenvalue weighted by Crippen LogP contribution is -2.25. The topological polar surface area (TPSA) is 16.1 Å². The van der Waals surface area contributed by atoms with Crippen LogP contribution >= 0.6 is 31.9 Å². The van der Waals surface area contributed by atoms with Crippen LogP contribution in [-0.2, 0) is 0 Å². The number of hydrogen-bond acceptors (Lipinski definition) is 2. The molecule has 0 N–H and O–H groups in total. The fourth-order valence-electron chi connectivity index (χ4n) is 2.35. The molecule has 0 bridgehead atoms. The SMILES string of the molecule is CN(CC1CCCC1)c1ncc(Br)cc1Br. The highest BCUT2D eigenvalue weighted by Crippen LogP contribution is 2.30. The van der Waals surface area contributed by atoms with Gasteiger partial charge in [0.05, 0.1) is 4.47 Å². The molecule has 16 heavy (non-hydrogen) atoms. The summed E-state index contributed by atoms with van der Waals surface area (Å²) >= 11 is 6.99. The van der Waals surface area contributed by atoms with Crippen molar-refractivity contribution in [2.45, 2.75) is 25.7 Å². The van der Waals surface area contributed by atoms with E-state index in [0.717, 1.165) is 27.2 Å². The van der Waals surface area contributed by atoms with Crippen LogP contribution in [-0.4, -0.2) is 18.6 Å². The van der Waals surface area contributed by atoms with E-state index in [1.54, 1.807) is 0 Å². The van der Waals surface area contributed by atoms with Gasteiger partial charge in [0.25, 0.3) is 0 Å². The Labute approximate surface area is 114 Å². The van der Waals surface area contributed by atoms with E-state index in [4.69, 9.17) is 0 Å². The van der Waals surface area contributed by atoms with E-state index in [2.05, 4.69) is 48.8 Å². The molecule has 1 aromatic heterocycles. The van der Waals surface area contributed by atoms with Crippen molar-refractivity contribution < 1.29 is 0 Å². The summed E-state index contributed by atoms with van der Waals surface area (Å²) in [6, 6.07) is 2.05. The number of pyridine rings is 1. The van der Waals surface area contributed by atoms with E-state index in [0.29, 0.717) is 0 Å². The Bertz CT molecular complexity index is 362. The van der Waals surface area contributed by atoms with Gasteiger partial charge in [-0.1, -0.05) is 12.8 Å². The second-order valence-electron chi connectivity index (χ2n) is 4.49. The predicted molar refractivity (Wildman–Crippen MR) is 74.9 cm³/mol. The molecule has 1 aromatic rings. The lowest BCUT2D eigenvalue weighted by Gasteiger charge is -2.23. The molecule has 1 heterocycles. The Kier molecular flexibility index (Phi) is 4.25. The molecule has 0 aromatic carbocycles. The Morgan fingerprint density at radius 2 is 2.06 bits per heavy atom. The summed E-state index contributed by atoms with van der Waals surface area (Å²) in [6.45, 7) is 1.12. The Hall–Kier alpha value is -0.0900. The molecule has 0 radical (unpaired) electrons. The van der Waals surface area contributed by atoms with Crippen molar-refractivity contribution in [2.24, 2.45) is 5.92 Å². The third-order valence-corrected chi connectivity index (χ3v) is 4.17. The summed E-state index contributed by atoms with van der Waals surface area (Å²) in [7, 11) is 2.12. The number of rotatable bonds is 3. The zero-order valence-corrected chi connectivity index (χ0v) is 12.6. The van der Waals surface area contributed by atoms with Gasteiger partial charge < -0.3 is 4.90 Å². The van der Waals surface area contributed by atoms with Crippen LogP contribution in [0, 0.1) is 5.92 Å². The molecule has 1 aliphatic carbocycles. The normalized spacial score (nSPS) is 16.7. The zero-order chi connectivity index (χ0) is 11.5. The fraction of sp³-hybridized carbons (Fsp3) is 0.583. The molecule has 4 heteroatoms. The highest BCUT2D eigenvalue weighted by molar-refractivity contribution is 9.11. The molecular formula is C12H16Br2N2. The smallest absolute Gasteiger partial charge is 0.142 e. The van der Waals surface area contributed by atoms with Crippen LogP contribution in [0.3, 0.4) is 0 Å². The quantitative estimate of drug-likeness (QED) is 0.813. The molecule has 2 nitrogen and oxygen atoms in total. The van der Waals surface area contributed by atoms with Crippen LogP contribution in [0.15, 0.2) is 21.2 Å². The minimum absolute atomic E-state index is 0.849. The number of aromatic nitrogens is 1. The van der Waals surface area contributed by atoms with Gasteiger partial charge in [-0.15, -0.1) is 0 Å². The van der Waals surface area contributed by atoms with Crippen LogP contribution in [0.2, 0.25) is 0 Å². The molecule has 88 valence electrons. The third-order valence-electron chi connectivity index (χ3n) is 3.16. The molecule has 0 aliphatic heterocycles. The van der Waals surface area contributed by atoms with E-state index in [1.165, 1.54) is 25.7 Å². The van der Waals surface area contributed by atoms with Crippen molar-refractivity contribution in [2.75, 3.05) is 18.5 Å². The second-order valence-corrected chi connectivity index (χ2v) is 6.26. The van der Waals surface area contributed by atoms with Crippen molar-refractivity contribution in [1.82, 2.24) is 4.98 Å². The number of hydrogen-bond donors (Lipinski definition) is 0. The van der Waals surface area contributed by atoms with Gasteiger partial charge in [0.1, 0.15) is 5.82 Å². The van der Waals surface area contributed by atoms with E-state index < -0.39 is 0 Å². The van der Waals surface area contributed by atoms with Crippen molar-refractivity contribution in [3.8, 4) is 0 Å². The van der Waals surface area contributed by atoms with E-state index >= 15 is 0 Å². The maximum Gasteiger partial charge on any atom is 0.142 e. The van der Waals surface area contributed by atoms with Crippen molar-refractivity contribution in [1.29, 1.82) is 0 Å². The number of halogens is 2. The number of anilines is 1. The molecule has 1 aliphatic rings. The largest absolute Gasteiger partial charge is 0.358 e. The van der Waals surface area contributed by atoms with Gasteiger partial charge in [0.2, 0.25) is 0 Å². The Balaban J connectivity index is 2.04. The Morgan fingerprint density at radius 3 is 2.69 bits per heavy atom. The minimum Gasteiger partial charge on any atom is -0.358 e. The maximum atomic E-state index is 4.45. The van der Waals surface area contributed by atoms with Crippen molar-refractivity contribution in [3.05, 3.63) is 21.2 Å². The zero-order valence-electron chi connectivity index (χ0n) is 9.42. The van der Waals surface area contributed by atoms with Gasteiger partial charge in [0, 0.05) is 24.3 Å². The molecular weight excluding hydrogens is 332 g/mol. The molecule has 0 saturated heterocycles. The average Bonchev–Trinajstić information content (AvgIpc) is 2.70. The van der Waals surface area contributed by atoms with E-state index in [1.807, 2.05) is 12.3 Å². The molecule has 0 amide bonds. The van der Waals surface area contributed by atoms with Crippen LogP contribution in [0.4, 0.5) is 5.82 Å². The summed E-state index contributed by atoms with van der Waals surface area (Å²) in [5.41, 5.74) is 0. The van der Waals surface area contributed by atoms with Gasteiger partial charge in [0.15, 0.2) is 0 Å². The van der Waals surface area contributed by atoms with Gasteiger partial charge in [-0.3, -0.25) is 0 Å². The first-order valence-electron chi connectivity index (χ1n) is 5.69. The lowest BCUT2D eigenvalue weighted by molar-refractivity contribution is 0.544. The number of nitrogens with zero attached hydrogens (tertiary/aromatic N) is 2. The maximum absolute atomic E-state index is 4.45. The first-order valence-corrected chi connectivity index (χ1v) is 7.27. The molecule has 1 saturated carbocycles. The summed E-state index contributed by atoms with van der Waals surface area (Å²) in [5.74, 6) is 1.89. The third kappa shape index (κ3) is 2.98. The van der Waals surface area contributed by atoms with Gasteiger partial charge in [-0.05, 0) is 56.7 Å². The molecule has 2 rings (SSSR count). The van der Waals surface area contributed by atoms with Crippen LogP contribution in [0.1, 0.15) is 25.7 Å². The first kappa shape index (κ1) is 12.4. The summed E-state index contributed by atoms with van der Waals surface area (Å²) in [4.78, 5) is 6.71. The fourth-order valence-corrected chi connectivity index (χ4v) is 3.65. The molecule has 0 unspecified atom stereocenters. The molecule has 0 spiro atoms. The van der Waals surface area contributed by atoms with Gasteiger partial charge in [-0.2, -0.15) is 0 Å². The highest BCUT2D eigenvalue weighted by atomic mass is 79.9. The Morgan fingerprint density at radius 1 is 1.38 bits per heavy atom. The van der Waals surface area contributed by atoms with Gasteiger partial charge in [-0.25, -0.2) is 4.98 Å². The highest BCUT2D eigenvalue weighted by Gasteiger charge is 2.18. The van der Waals surface area contributed by atoms with Crippen LogP contribution in [0.5, 0.6) is 0 Å². The van der Waals surface area contributed by atoms with Crippen molar-refractivity contribution >= 4 is 37.7 Å². The minimum atomic E-state index is 0.849. The summed E-state index contributed by atoms with van der Waals surface area (Å²) in [6.07, 6.45) is 7.39. The monoisotopic (exact) mass is 346 g/mol. The first-order chi connectivity index (χ1) is 7.66. The van der Waals surface area contributed by atoms with Crippen LogP contribution < -0.4 is 4.90 Å². The summed E-state index contributed by atoms with van der Waals surface area (Å²) in [5, 5.41) is 0. The molecule has 0 atom stereocenters. The van der Waals surface area contributed by atoms with E-state index in [-0.39, 0.29) is 0 Å². The van der Waals surface area contributed by atoms with Crippen molar-refractivity contribution in [3.63, 3.8) is 0 Å².